The lowest BCUT2D eigenvalue weighted by atomic mass is 10.3. The minimum Gasteiger partial charge on any atom is -0.480 e. The molecule has 0 atom stereocenters. The second kappa shape index (κ2) is 3.37. The lowest BCUT2D eigenvalue weighted by molar-refractivity contribution is 0.394. The van der Waals surface area contributed by atoms with Crippen molar-refractivity contribution in [1.82, 2.24) is 9.97 Å². The van der Waals surface area contributed by atoms with E-state index in [0.29, 0.717) is 5.82 Å². The van der Waals surface area contributed by atoms with Crippen LogP contribution in [-0.4, -0.2) is 17.1 Å². The summed E-state index contributed by atoms with van der Waals surface area (Å²) in [6.45, 7) is 1.68. The molecular weight excluding hydrogens is 178 g/mol. The van der Waals surface area contributed by atoms with Crippen LogP contribution in [0, 0.1) is 18.3 Å². The number of hydrogen-bond acceptors (Lipinski definition) is 4. The normalized spacial score (nSPS) is 9.17. The third-order valence-electron chi connectivity index (χ3n) is 1.25. The Morgan fingerprint density at radius 1 is 1.50 bits per heavy atom. The maximum atomic E-state index is 8.63. The number of rotatable bonds is 1. The van der Waals surface area contributed by atoms with Gasteiger partial charge in [0.1, 0.15) is 11.9 Å². The van der Waals surface area contributed by atoms with Crippen molar-refractivity contribution in [3.8, 4) is 11.9 Å². The molecule has 0 N–H and O–H groups in total. The zero-order chi connectivity index (χ0) is 9.14. The summed E-state index contributed by atoms with van der Waals surface area (Å²) in [7, 11) is 1.43. The molecule has 1 aromatic rings. The second-order valence-corrected chi connectivity index (χ2v) is 2.42. The molecule has 0 unspecified atom stereocenters. The maximum Gasteiger partial charge on any atom is 0.236 e. The molecule has 0 aliphatic rings. The fraction of sp³-hybridized carbons (Fsp3) is 0.286. The van der Waals surface area contributed by atoms with Gasteiger partial charge in [0.05, 0.1) is 7.11 Å². The van der Waals surface area contributed by atoms with Crippen molar-refractivity contribution >= 4 is 11.6 Å². The van der Waals surface area contributed by atoms with E-state index in [1.807, 2.05) is 6.07 Å². The maximum absolute atomic E-state index is 8.63. The molecule has 0 spiro atoms. The van der Waals surface area contributed by atoms with E-state index >= 15 is 0 Å². The summed E-state index contributed by atoms with van der Waals surface area (Å²) in [4.78, 5) is 7.69. The quantitative estimate of drug-likeness (QED) is 0.616. The van der Waals surface area contributed by atoms with Crippen LogP contribution >= 0.6 is 11.6 Å². The first-order chi connectivity index (χ1) is 5.69. The Balaban J connectivity index is 3.36. The zero-order valence-corrected chi connectivity index (χ0v) is 7.38. The molecule has 0 bridgehead atoms. The van der Waals surface area contributed by atoms with Crippen molar-refractivity contribution in [3.63, 3.8) is 0 Å². The number of nitriles is 1. The Labute approximate surface area is 74.8 Å². The van der Waals surface area contributed by atoms with Gasteiger partial charge < -0.3 is 4.74 Å². The van der Waals surface area contributed by atoms with Crippen LogP contribution in [0.2, 0.25) is 5.15 Å². The van der Waals surface area contributed by atoms with Crippen LogP contribution in [0.3, 0.4) is 0 Å². The molecule has 5 heteroatoms. The lowest BCUT2D eigenvalue weighted by Crippen LogP contribution is -1.97. The van der Waals surface area contributed by atoms with Gasteiger partial charge in [-0.3, -0.25) is 0 Å². The summed E-state index contributed by atoms with van der Waals surface area (Å²) >= 11 is 5.66. The van der Waals surface area contributed by atoms with Gasteiger partial charge in [-0.25, -0.2) is 4.98 Å². The fourth-order valence-corrected chi connectivity index (χ4v) is 1.00. The van der Waals surface area contributed by atoms with Crippen LogP contribution in [0.5, 0.6) is 5.88 Å². The molecule has 62 valence electrons. The third-order valence-corrected chi connectivity index (χ3v) is 1.52. The first-order valence-corrected chi connectivity index (χ1v) is 3.55. The third kappa shape index (κ3) is 1.46. The fourth-order valence-electron chi connectivity index (χ4n) is 0.756. The number of nitrogens with zero attached hydrogens (tertiary/aromatic N) is 3. The van der Waals surface area contributed by atoms with Gasteiger partial charge in [-0.05, 0) is 6.92 Å². The van der Waals surface area contributed by atoms with Gasteiger partial charge in [0, 0.05) is 0 Å². The van der Waals surface area contributed by atoms with Gasteiger partial charge in [-0.15, -0.1) is 0 Å². The summed E-state index contributed by atoms with van der Waals surface area (Å²) in [5.74, 6) is 0.700. The first-order valence-electron chi connectivity index (χ1n) is 3.17. The Bertz CT molecular complexity index is 345. The van der Waals surface area contributed by atoms with Crippen LogP contribution in [-0.2, 0) is 0 Å². The monoisotopic (exact) mass is 183 g/mol. The minimum atomic E-state index is 0.127. The Kier molecular flexibility index (Phi) is 2.46. The minimum absolute atomic E-state index is 0.127. The first kappa shape index (κ1) is 8.75. The Morgan fingerprint density at radius 2 is 2.17 bits per heavy atom. The Morgan fingerprint density at radius 3 is 2.67 bits per heavy atom. The molecule has 1 rings (SSSR count). The van der Waals surface area contributed by atoms with Crippen molar-refractivity contribution in [2.45, 2.75) is 6.92 Å². The summed E-state index contributed by atoms with van der Waals surface area (Å²) in [6, 6.07) is 1.86. The predicted molar refractivity (Wildman–Crippen MR) is 43.0 cm³/mol. The van der Waals surface area contributed by atoms with Crippen LogP contribution in [0.4, 0.5) is 0 Å². The summed E-state index contributed by atoms with van der Waals surface area (Å²) in [5.41, 5.74) is 0.171. The second-order valence-electron chi connectivity index (χ2n) is 2.06. The van der Waals surface area contributed by atoms with Gasteiger partial charge in [-0.1, -0.05) is 11.6 Å². The van der Waals surface area contributed by atoms with E-state index in [2.05, 4.69) is 9.97 Å². The average molecular weight is 184 g/mol. The van der Waals surface area contributed by atoms with Crippen LogP contribution in [0.15, 0.2) is 0 Å². The molecule has 0 radical (unpaired) electrons. The smallest absolute Gasteiger partial charge is 0.236 e. The van der Waals surface area contributed by atoms with Gasteiger partial charge in [0.2, 0.25) is 5.88 Å². The van der Waals surface area contributed by atoms with Crippen molar-refractivity contribution < 1.29 is 4.74 Å². The molecule has 1 heterocycles. The van der Waals surface area contributed by atoms with E-state index in [4.69, 9.17) is 21.6 Å². The molecule has 1 aromatic heterocycles. The van der Waals surface area contributed by atoms with Crippen LogP contribution < -0.4 is 4.74 Å². The van der Waals surface area contributed by atoms with Crippen LogP contribution in [0.25, 0.3) is 0 Å². The molecule has 0 aromatic carbocycles. The highest BCUT2D eigenvalue weighted by Crippen LogP contribution is 2.20. The van der Waals surface area contributed by atoms with Gasteiger partial charge >= 0.3 is 0 Å². The van der Waals surface area contributed by atoms with E-state index in [1.54, 1.807) is 6.92 Å². The van der Waals surface area contributed by atoms with Gasteiger partial charge in [-0.2, -0.15) is 10.2 Å². The van der Waals surface area contributed by atoms with E-state index in [0.717, 1.165) is 0 Å². The highest BCUT2D eigenvalue weighted by molar-refractivity contribution is 6.30. The number of aryl methyl sites for hydroxylation is 1. The average Bonchev–Trinajstić information content (AvgIpc) is 2.03. The SMILES string of the molecule is COc1nc(C)nc(Cl)c1C#N. The highest BCUT2D eigenvalue weighted by Gasteiger charge is 2.10. The number of aromatic nitrogens is 2. The molecule has 12 heavy (non-hydrogen) atoms. The molecule has 0 amide bonds. The Hall–Kier alpha value is -1.34. The largest absolute Gasteiger partial charge is 0.480 e. The number of ether oxygens (including phenoxy) is 1. The van der Waals surface area contributed by atoms with Crippen molar-refractivity contribution in [2.75, 3.05) is 7.11 Å². The molecule has 0 saturated heterocycles. The molecule has 0 aliphatic carbocycles. The molecule has 0 fully saturated rings. The van der Waals surface area contributed by atoms with E-state index in [-0.39, 0.29) is 16.6 Å². The van der Waals surface area contributed by atoms with E-state index in [1.165, 1.54) is 7.11 Å². The highest BCUT2D eigenvalue weighted by atomic mass is 35.5. The van der Waals surface area contributed by atoms with Gasteiger partial charge in [0.25, 0.3) is 0 Å². The predicted octanol–water partition coefficient (Wildman–Crippen LogP) is 1.32. The van der Waals surface area contributed by atoms with Crippen molar-refractivity contribution in [2.24, 2.45) is 0 Å². The number of halogens is 1. The van der Waals surface area contributed by atoms with Crippen LogP contribution in [0.1, 0.15) is 11.4 Å². The molecule has 0 saturated carbocycles. The van der Waals surface area contributed by atoms with Crippen molar-refractivity contribution in [1.29, 1.82) is 5.26 Å². The summed E-state index contributed by atoms with van der Waals surface area (Å²) in [5, 5.41) is 8.75. The summed E-state index contributed by atoms with van der Waals surface area (Å²) in [6.07, 6.45) is 0. The lowest BCUT2D eigenvalue weighted by Gasteiger charge is -2.02. The van der Waals surface area contributed by atoms with E-state index in [9.17, 15) is 0 Å². The molecular formula is C7H6ClN3O. The number of methoxy groups -OCH3 is 1. The van der Waals surface area contributed by atoms with Gasteiger partial charge in [0.15, 0.2) is 10.7 Å². The number of hydrogen-bond donors (Lipinski definition) is 0. The van der Waals surface area contributed by atoms with Crippen molar-refractivity contribution in [3.05, 3.63) is 16.5 Å². The molecule has 4 nitrogen and oxygen atoms in total. The summed E-state index contributed by atoms with van der Waals surface area (Å²) < 4.78 is 4.84. The standard InChI is InChI=1S/C7H6ClN3O/c1-4-10-6(8)5(3-9)7(11-4)12-2/h1-2H3. The van der Waals surface area contributed by atoms with E-state index < -0.39 is 0 Å². The molecule has 0 aliphatic heterocycles. The topological polar surface area (TPSA) is 58.8 Å². The zero-order valence-electron chi connectivity index (χ0n) is 6.63.